The van der Waals surface area contributed by atoms with Crippen molar-refractivity contribution in [2.45, 2.75) is 26.7 Å². The number of nitrogens with zero attached hydrogens (tertiary/aromatic N) is 2. The van der Waals surface area contributed by atoms with Crippen molar-refractivity contribution in [3.05, 3.63) is 77.9 Å². The summed E-state index contributed by atoms with van der Waals surface area (Å²) in [7, 11) is 1.60. The van der Waals surface area contributed by atoms with Gasteiger partial charge in [-0.05, 0) is 73.7 Å². The van der Waals surface area contributed by atoms with Crippen LogP contribution in [0.4, 0.5) is 5.69 Å². The number of likely N-dealkylation sites (tertiary alicyclic amines) is 1. The van der Waals surface area contributed by atoms with Crippen LogP contribution in [-0.2, 0) is 4.79 Å². The van der Waals surface area contributed by atoms with Crippen molar-refractivity contribution in [1.29, 1.82) is 0 Å². The minimum Gasteiger partial charge on any atom is -0.495 e. The number of carbonyl (C=O) groups excluding carboxylic acids is 2. The molecule has 37 heavy (non-hydrogen) atoms. The van der Waals surface area contributed by atoms with Crippen molar-refractivity contribution >= 4 is 28.6 Å². The number of rotatable bonds is 6. The van der Waals surface area contributed by atoms with Crippen LogP contribution >= 0.6 is 0 Å². The number of benzene rings is 3. The summed E-state index contributed by atoms with van der Waals surface area (Å²) in [6.07, 6.45) is 1.55. The number of oxazole rings is 1. The highest BCUT2D eigenvalue weighted by Crippen LogP contribution is 2.30. The molecule has 5 rings (SSSR count). The number of aromatic nitrogens is 1. The fourth-order valence-electron chi connectivity index (χ4n) is 4.93. The van der Waals surface area contributed by atoms with Crippen molar-refractivity contribution in [3.63, 3.8) is 0 Å². The molecule has 0 spiro atoms. The lowest BCUT2D eigenvalue weighted by atomic mass is 9.84. The summed E-state index contributed by atoms with van der Waals surface area (Å²) in [4.78, 5) is 32.7. The predicted molar refractivity (Wildman–Crippen MR) is 144 cm³/mol. The molecule has 3 aromatic carbocycles. The van der Waals surface area contributed by atoms with Crippen LogP contribution < -0.4 is 10.1 Å². The maximum atomic E-state index is 13.2. The summed E-state index contributed by atoms with van der Waals surface area (Å²) in [6, 6.07) is 20.8. The molecule has 0 radical (unpaired) electrons. The van der Waals surface area contributed by atoms with Gasteiger partial charge in [0, 0.05) is 30.1 Å². The van der Waals surface area contributed by atoms with E-state index in [1.165, 1.54) is 0 Å². The number of hydrogen-bond acceptors (Lipinski definition) is 5. The second-order valence-electron chi connectivity index (χ2n) is 9.68. The highest BCUT2D eigenvalue weighted by Gasteiger charge is 2.30. The summed E-state index contributed by atoms with van der Waals surface area (Å²) in [6.45, 7) is 5.17. The fourth-order valence-corrected chi connectivity index (χ4v) is 4.93. The molecular weight excluding hydrogens is 466 g/mol. The van der Waals surface area contributed by atoms with Crippen molar-refractivity contribution in [2.24, 2.45) is 11.8 Å². The van der Waals surface area contributed by atoms with E-state index in [9.17, 15) is 9.59 Å². The fraction of sp³-hybridized carbons (Fsp3) is 0.300. The zero-order valence-corrected chi connectivity index (χ0v) is 21.4. The van der Waals surface area contributed by atoms with Gasteiger partial charge in [-0.15, -0.1) is 0 Å². The molecule has 7 heteroatoms. The number of carbonyl (C=O) groups is 2. The molecule has 190 valence electrons. The van der Waals surface area contributed by atoms with Gasteiger partial charge in [0.1, 0.15) is 11.3 Å². The van der Waals surface area contributed by atoms with Gasteiger partial charge in [0.15, 0.2) is 5.58 Å². The third kappa shape index (κ3) is 5.21. The molecule has 1 saturated heterocycles. The highest BCUT2D eigenvalue weighted by atomic mass is 16.5. The first kappa shape index (κ1) is 24.6. The Kier molecular flexibility index (Phi) is 6.95. The summed E-state index contributed by atoms with van der Waals surface area (Å²) < 4.78 is 11.3. The Bertz CT molecular complexity index is 1420. The minimum atomic E-state index is -0.176. The molecular formula is C30H31N3O4. The third-order valence-electron chi connectivity index (χ3n) is 7.22. The molecule has 0 aliphatic carbocycles. The monoisotopic (exact) mass is 497 g/mol. The zero-order chi connectivity index (χ0) is 25.9. The number of fused-ring (bicyclic) bond motifs is 1. The van der Waals surface area contributed by atoms with E-state index >= 15 is 0 Å². The van der Waals surface area contributed by atoms with E-state index in [2.05, 4.69) is 10.3 Å². The van der Waals surface area contributed by atoms with Crippen LogP contribution in [-0.4, -0.2) is 41.9 Å². The Labute approximate surface area is 216 Å². The summed E-state index contributed by atoms with van der Waals surface area (Å²) in [5, 5.41) is 3.03. The van der Waals surface area contributed by atoms with E-state index < -0.39 is 0 Å². The van der Waals surface area contributed by atoms with Gasteiger partial charge in [-0.2, -0.15) is 0 Å². The molecule has 2 heterocycles. The molecule has 1 fully saturated rings. The molecule has 1 atom stereocenters. The second kappa shape index (κ2) is 10.5. The predicted octanol–water partition coefficient (Wildman–Crippen LogP) is 5.94. The van der Waals surface area contributed by atoms with Crippen molar-refractivity contribution in [2.75, 3.05) is 25.5 Å². The van der Waals surface area contributed by atoms with Gasteiger partial charge in [-0.25, -0.2) is 4.98 Å². The molecule has 0 bridgehead atoms. The van der Waals surface area contributed by atoms with Gasteiger partial charge >= 0.3 is 0 Å². The van der Waals surface area contributed by atoms with Crippen LogP contribution in [0.1, 0.15) is 35.7 Å². The molecule has 1 aromatic heterocycles. The lowest BCUT2D eigenvalue weighted by molar-refractivity contribution is -0.121. The number of anilines is 1. The third-order valence-corrected chi connectivity index (χ3v) is 7.22. The maximum Gasteiger partial charge on any atom is 0.253 e. The van der Waals surface area contributed by atoms with Crippen LogP contribution in [0.15, 0.2) is 71.1 Å². The second-order valence-corrected chi connectivity index (χ2v) is 9.68. The van der Waals surface area contributed by atoms with Crippen LogP contribution in [0, 0.1) is 18.8 Å². The molecule has 1 aliphatic heterocycles. The number of amides is 2. The van der Waals surface area contributed by atoms with E-state index in [0.717, 1.165) is 24.0 Å². The number of ether oxygens (including phenoxy) is 1. The molecule has 0 saturated carbocycles. The quantitative estimate of drug-likeness (QED) is 0.356. The Morgan fingerprint density at radius 3 is 2.54 bits per heavy atom. The average Bonchev–Trinajstić information content (AvgIpc) is 3.36. The smallest absolute Gasteiger partial charge is 0.253 e. The van der Waals surface area contributed by atoms with Gasteiger partial charge < -0.3 is 19.4 Å². The number of hydrogen-bond donors (Lipinski definition) is 1. The van der Waals surface area contributed by atoms with Gasteiger partial charge in [-0.3, -0.25) is 9.59 Å². The van der Waals surface area contributed by atoms with E-state index in [0.29, 0.717) is 47.1 Å². The highest BCUT2D eigenvalue weighted by molar-refractivity contribution is 5.97. The first-order chi connectivity index (χ1) is 17.9. The number of piperidine rings is 1. The first-order valence-electron chi connectivity index (χ1n) is 12.6. The standard InChI is InChI=1S/C30H31N3O4/c1-19-9-11-26(36-3)24(17-19)31-28(34)20(2)21-13-15-33(16-14-21)30(35)23-10-12-27-25(18-23)32-29(37-27)22-7-5-4-6-8-22/h4-12,17-18,20-21H,13-16H2,1-3H3,(H,31,34). The lowest BCUT2D eigenvalue weighted by Crippen LogP contribution is -2.41. The topological polar surface area (TPSA) is 84.7 Å². The van der Waals surface area contributed by atoms with Gasteiger partial charge in [0.05, 0.1) is 12.8 Å². The maximum absolute atomic E-state index is 13.2. The molecule has 4 aromatic rings. The van der Waals surface area contributed by atoms with Crippen LogP contribution in [0.5, 0.6) is 5.75 Å². The Morgan fingerprint density at radius 2 is 1.81 bits per heavy atom. The number of nitrogens with one attached hydrogen (secondary N) is 1. The molecule has 7 nitrogen and oxygen atoms in total. The lowest BCUT2D eigenvalue weighted by Gasteiger charge is -2.34. The van der Waals surface area contributed by atoms with E-state index in [4.69, 9.17) is 9.15 Å². The van der Waals surface area contributed by atoms with Gasteiger partial charge in [-0.1, -0.05) is 31.2 Å². The average molecular weight is 498 g/mol. The Balaban J connectivity index is 1.21. The van der Waals surface area contributed by atoms with E-state index in [-0.39, 0.29) is 23.7 Å². The summed E-state index contributed by atoms with van der Waals surface area (Å²) in [5.74, 6) is 1.16. The first-order valence-corrected chi connectivity index (χ1v) is 12.6. The number of aryl methyl sites for hydroxylation is 1. The van der Waals surface area contributed by atoms with Gasteiger partial charge in [0.2, 0.25) is 11.8 Å². The van der Waals surface area contributed by atoms with Crippen molar-refractivity contribution in [3.8, 4) is 17.2 Å². The largest absolute Gasteiger partial charge is 0.495 e. The van der Waals surface area contributed by atoms with Crippen molar-refractivity contribution < 1.29 is 18.7 Å². The van der Waals surface area contributed by atoms with Crippen LogP contribution in [0.2, 0.25) is 0 Å². The molecule has 2 amide bonds. The molecule has 1 aliphatic rings. The minimum absolute atomic E-state index is 0.0220. The SMILES string of the molecule is COc1ccc(C)cc1NC(=O)C(C)C1CCN(C(=O)c2ccc3oc(-c4ccccc4)nc3c2)CC1. The van der Waals surface area contributed by atoms with Gasteiger partial charge in [0.25, 0.3) is 5.91 Å². The number of methoxy groups -OCH3 is 1. The van der Waals surface area contributed by atoms with Crippen LogP contribution in [0.25, 0.3) is 22.6 Å². The Hall–Kier alpha value is -4.13. The summed E-state index contributed by atoms with van der Waals surface area (Å²) in [5.41, 5.74) is 4.54. The van der Waals surface area contributed by atoms with Crippen molar-refractivity contribution in [1.82, 2.24) is 9.88 Å². The van der Waals surface area contributed by atoms with E-state index in [1.807, 2.05) is 67.3 Å². The zero-order valence-electron chi connectivity index (χ0n) is 21.4. The summed E-state index contributed by atoms with van der Waals surface area (Å²) >= 11 is 0. The van der Waals surface area contributed by atoms with E-state index in [1.54, 1.807) is 25.3 Å². The molecule has 1 N–H and O–H groups in total. The molecule has 1 unspecified atom stereocenters. The normalized spacial score (nSPS) is 14.9. The Morgan fingerprint density at radius 1 is 1.05 bits per heavy atom. The van der Waals surface area contributed by atoms with Crippen LogP contribution in [0.3, 0.4) is 0 Å².